The second-order valence-electron chi connectivity index (χ2n) is 3.89. The van der Waals surface area contributed by atoms with E-state index in [0.717, 1.165) is 0 Å². The Labute approximate surface area is 110 Å². The smallest absolute Gasteiger partial charge is 0.255 e. The normalized spacial score (nSPS) is 9.95. The van der Waals surface area contributed by atoms with E-state index in [1.54, 1.807) is 12.1 Å². The number of ether oxygens (including phenoxy) is 1. The molecule has 0 aliphatic carbocycles. The van der Waals surface area contributed by atoms with Crippen LogP contribution in [0.25, 0.3) is 0 Å². The van der Waals surface area contributed by atoms with Crippen LogP contribution in [0, 0.1) is 0 Å². The van der Waals surface area contributed by atoms with Crippen LogP contribution in [0.15, 0.2) is 42.5 Å². The molecule has 0 bridgehead atoms. The molecule has 2 aromatic rings. The molecular weight excluding hydrogens is 246 g/mol. The number of hydrogen-bond donors (Lipinski definition) is 3. The lowest BCUT2D eigenvalue weighted by Gasteiger charge is -2.08. The first-order valence-electron chi connectivity index (χ1n) is 5.57. The number of aromatic hydroxyl groups is 2. The SMILES string of the molecule is COc1cc(C(=O)Nc2cccc(O)c2)ccc1O. The highest BCUT2D eigenvalue weighted by Gasteiger charge is 2.10. The van der Waals surface area contributed by atoms with Gasteiger partial charge in [0.25, 0.3) is 5.91 Å². The number of rotatable bonds is 3. The van der Waals surface area contributed by atoms with Crippen LogP contribution in [0.2, 0.25) is 0 Å². The first-order chi connectivity index (χ1) is 9.10. The Kier molecular flexibility index (Phi) is 3.56. The number of hydrogen-bond acceptors (Lipinski definition) is 4. The summed E-state index contributed by atoms with van der Waals surface area (Å²) in [5, 5.41) is 21.4. The fourth-order valence-corrected chi connectivity index (χ4v) is 1.61. The molecule has 1 amide bonds. The molecule has 0 saturated heterocycles. The third-order valence-electron chi connectivity index (χ3n) is 2.55. The predicted octanol–water partition coefficient (Wildman–Crippen LogP) is 2.36. The topological polar surface area (TPSA) is 78.8 Å². The summed E-state index contributed by atoms with van der Waals surface area (Å²) >= 11 is 0. The van der Waals surface area contributed by atoms with Gasteiger partial charge >= 0.3 is 0 Å². The van der Waals surface area contributed by atoms with Gasteiger partial charge in [0.2, 0.25) is 0 Å². The number of phenols is 2. The number of phenolic OH excluding ortho intramolecular Hbond substituents is 2. The summed E-state index contributed by atoms with van der Waals surface area (Å²) in [6.45, 7) is 0. The van der Waals surface area contributed by atoms with Gasteiger partial charge in [-0.25, -0.2) is 0 Å². The summed E-state index contributed by atoms with van der Waals surface area (Å²) in [4.78, 5) is 12.0. The molecule has 0 heterocycles. The highest BCUT2D eigenvalue weighted by molar-refractivity contribution is 6.04. The molecule has 2 aromatic carbocycles. The van der Waals surface area contributed by atoms with Crippen molar-refractivity contribution in [3.63, 3.8) is 0 Å². The molecule has 0 aromatic heterocycles. The maximum atomic E-state index is 12.0. The maximum Gasteiger partial charge on any atom is 0.255 e. The summed E-state index contributed by atoms with van der Waals surface area (Å²) in [6.07, 6.45) is 0. The number of amides is 1. The van der Waals surface area contributed by atoms with Crippen LogP contribution in [-0.4, -0.2) is 23.2 Å². The lowest BCUT2D eigenvalue weighted by molar-refractivity contribution is 0.102. The minimum absolute atomic E-state index is 0.0311. The molecule has 5 nitrogen and oxygen atoms in total. The van der Waals surface area contributed by atoms with Gasteiger partial charge in [-0.2, -0.15) is 0 Å². The maximum absolute atomic E-state index is 12.0. The third kappa shape index (κ3) is 2.95. The minimum atomic E-state index is -0.357. The van der Waals surface area contributed by atoms with Crippen LogP contribution in [-0.2, 0) is 0 Å². The Bertz CT molecular complexity index is 610. The Morgan fingerprint density at radius 1 is 1.16 bits per heavy atom. The van der Waals surface area contributed by atoms with Gasteiger partial charge in [0, 0.05) is 17.3 Å². The van der Waals surface area contributed by atoms with Crippen LogP contribution in [0.5, 0.6) is 17.2 Å². The van der Waals surface area contributed by atoms with E-state index in [1.165, 1.54) is 37.4 Å². The van der Waals surface area contributed by atoms with Crippen LogP contribution in [0.4, 0.5) is 5.69 Å². The van der Waals surface area contributed by atoms with Gasteiger partial charge in [-0.15, -0.1) is 0 Å². The van der Waals surface area contributed by atoms with E-state index in [9.17, 15) is 15.0 Å². The highest BCUT2D eigenvalue weighted by atomic mass is 16.5. The van der Waals surface area contributed by atoms with Crippen molar-refractivity contribution in [3.8, 4) is 17.2 Å². The van der Waals surface area contributed by atoms with Gasteiger partial charge in [0.1, 0.15) is 5.75 Å². The van der Waals surface area contributed by atoms with Crippen molar-refractivity contribution in [2.45, 2.75) is 0 Å². The van der Waals surface area contributed by atoms with Crippen LogP contribution < -0.4 is 10.1 Å². The lowest BCUT2D eigenvalue weighted by Crippen LogP contribution is -2.11. The van der Waals surface area contributed by atoms with Crippen molar-refractivity contribution in [2.24, 2.45) is 0 Å². The average molecular weight is 259 g/mol. The van der Waals surface area contributed by atoms with E-state index >= 15 is 0 Å². The largest absolute Gasteiger partial charge is 0.508 e. The molecule has 3 N–H and O–H groups in total. The number of nitrogens with one attached hydrogen (secondary N) is 1. The monoisotopic (exact) mass is 259 g/mol. The van der Waals surface area contributed by atoms with E-state index in [4.69, 9.17) is 4.74 Å². The molecule has 98 valence electrons. The average Bonchev–Trinajstić information content (AvgIpc) is 2.39. The Morgan fingerprint density at radius 3 is 2.63 bits per heavy atom. The fourth-order valence-electron chi connectivity index (χ4n) is 1.61. The molecule has 0 unspecified atom stereocenters. The fraction of sp³-hybridized carbons (Fsp3) is 0.0714. The number of carbonyl (C=O) groups is 1. The quantitative estimate of drug-likeness (QED) is 0.790. The van der Waals surface area contributed by atoms with Crippen molar-refractivity contribution in [1.29, 1.82) is 0 Å². The molecule has 0 aliphatic heterocycles. The summed E-state index contributed by atoms with van der Waals surface area (Å²) in [5.41, 5.74) is 0.829. The number of anilines is 1. The molecule has 0 fully saturated rings. The second kappa shape index (κ2) is 5.30. The molecule has 0 spiro atoms. The van der Waals surface area contributed by atoms with Gasteiger partial charge in [0.05, 0.1) is 7.11 Å². The minimum Gasteiger partial charge on any atom is -0.508 e. The Morgan fingerprint density at radius 2 is 1.95 bits per heavy atom. The van der Waals surface area contributed by atoms with Gasteiger partial charge < -0.3 is 20.3 Å². The zero-order valence-electron chi connectivity index (χ0n) is 10.3. The lowest BCUT2D eigenvalue weighted by atomic mass is 10.2. The van der Waals surface area contributed by atoms with Crippen LogP contribution >= 0.6 is 0 Å². The summed E-state index contributed by atoms with van der Waals surface area (Å²) in [5.74, 6) is -0.0926. The number of methoxy groups -OCH3 is 1. The summed E-state index contributed by atoms with van der Waals surface area (Å²) in [6, 6.07) is 10.5. The number of carbonyl (C=O) groups excluding carboxylic acids is 1. The molecule has 0 radical (unpaired) electrons. The second-order valence-corrected chi connectivity index (χ2v) is 3.89. The summed E-state index contributed by atoms with van der Waals surface area (Å²) in [7, 11) is 1.41. The molecular formula is C14H13NO4. The van der Waals surface area contributed by atoms with Crippen molar-refractivity contribution in [3.05, 3.63) is 48.0 Å². The van der Waals surface area contributed by atoms with E-state index in [-0.39, 0.29) is 23.2 Å². The third-order valence-corrected chi connectivity index (χ3v) is 2.55. The van der Waals surface area contributed by atoms with Gasteiger partial charge in [-0.3, -0.25) is 4.79 Å². The van der Waals surface area contributed by atoms with Gasteiger partial charge in [-0.1, -0.05) is 6.07 Å². The van der Waals surface area contributed by atoms with E-state index < -0.39 is 0 Å². The van der Waals surface area contributed by atoms with Crippen LogP contribution in [0.3, 0.4) is 0 Å². The van der Waals surface area contributed by atoms with Crippen molar-refractivity contribution < 1.29 is 19.7 Å². The van der Waals surface area contributed by atoms with Crippen molar-refractivity contribution in [1.82, 2.24) is 0 Å². The zero-order valence-corrected chi connectivity index (χ0v) is 10.3. The molecule has 0 saturated carbocycles. The standard InChI is InChI=1S/C14H13NO4/c1-19-13-7-9(5-6-12(13)17)14(18)15-10-3-2-4-11(16)8-10/h2-8,16-17H,1H3,(H,15,18). The van der Waals surface area contributed by atoms with E-state index in [2.05, 4.69) is 5.32 Å². The Hall–Kier alpha value is -2.69. The summed E-state index contributed by atoms with van der Waals surface area (Å²) < 4.78 is 4.94. The first kappa shape index (κ1) is 12.8. The van der Waals surface area contributed by atoms with Gasteiger partial charge in [-0.05, 0) is 30.3 Å². The number of benzene rings is 2. The zero-order chi connectivity index (χ0) is 13.8. The van der Waals surface area contributed by atoms with Crippen molar-refractivity contribution >= 4 is 11.6 Å². The molecule has 0 aliphatic rings. The van der Waals surface area contributed by atoms with E-state index in [0.29, 0.717) is 11.3 Å². The molecule has 2 rings (SSSR count). The van der Waals surface area contributed by atoms with Gasteiger partial charge in [0.15, 0.2) is 11.5 Å². The highest BCUT2D eigenvalue weighted by Crippen LogP contribution is 2.26. The van der Waals surface area contributed by atoms with Crippen LogP contribution in [0.1, 0.15) is 10.4 Å². The molecule has 5 heteroatoms. The molecule has 0 atom stereocenters. The Balaban J connectivity index is 2.20. The predicted molar refractivity (Wildman–Crippen MR) is 70.7 cm³/mol. The van der Waals surface area contributed by atoms with E-state index in [1.807, 2.05) is 0 Å². The van der Waals surface area contributed by atoms with Crippen molar-refractivity contribution in [2.75, 3.05) is 12.4 Å². The molecule has 19 heavy (non-hydrogen) atoms. The first-order valence-corrected chi connectivity index (χ1v) is 5.57.